The van der Waals surface area contributed by atoms with Gasteiger partial charge < -0.3 is 20.9 Å². The van der Waals surface area contributed by atoms with Crippen LogP contribution >= 0.6 is 11.6 Å². The normalized spacial score (nSPS) is 14.7. The molecular formula is C29H33ClN4O2. The summed E-state index contributed by atoms with van der Waals surface area (Å²) in [7, 11) is 0. The molecule has 1 aliphatic heterocycles. The molecule has 1 heterocycles. The average molecular weight is 505 g/mol. The van der Waals surface area contributed by atoms with Crippen molar-refractivity contribution in [1.29, 1.82) is 0 Å². The molecule has 1 atom stereocenters. The van der Waals surface area contributed by atoms with Gasteiger partial charge in [0.15, 0.2) is 0 Å². The molecule has 3 aromatic rings. The lowest BCUT2D eigenvalue weighted by Crippen LogP contribution is -2.35. The maximum Gasteiger partial charge on any atom is 0.323 e. The zero-order chi connectivity index (χ0) is 25.7. The number of halogens is 1. The smallest absolute Gasteiger partial charge is 0.323 e. The highest BCUT2D eigenvalue weighted by molar-refractivity contribution is 6.31. The Morgan fingerprint density at radius 2 is 1.58 bits per heavy atom. The van der Waals surface area contributed by atoms with E-state index in [1.807, 2.05) is 62.4 Å². The molecule has 0 saturated carbocycles. The second kappa shape index (κ2) is 11.5. The number of anilines is 3. The molecule has 1 saturated heterocycles. The summed E-state index contributed by atoms with van der Waals surface area (Å²) in [5.74, 6) is 0.505. The number of amides is 3. The molecule has 4 rings (SSSR count). The molecule has 3 N–H and O–H groups in total. The lowest BCUT2D eigenvalue weighted by molar-refractivity contribution is 0.0940. The second-order valence-corrected chi connectivity index (χ2v) is 9.96. The number of nitrogens with zero attached hydrogens (tertiary/aromatic N) is 1. The van der Waals surface area contributed by atoms with Crippen molar-refractivity contribution < 1.29 is 9.59 Å². The summed E-state index contributed by atoms with van der Waals surface area (Å²) in [5, 5.41) is 9.36. The summed E-state index contributed by atoms with van der Waals surface area (Å²) < 4.78 is 0. The van der Waals surface area contributed by atoms with E-state index in [1.54, 1.807) is 18.2 Å². The Balaban J connectivity index is 1.55. The molecule has 1 aliphatic rings. The van der Waals surface area contributed by atoms with E-state index in [0.29, 0.717) is 27.9 Å². The molecule has 0 aliphatic carbocycles. The number of nitrogens with one attached hydrogen (secondary N) is 3. The van der Waals surface area contributed by atoms with Crippen molar-refractivity contribution in [3.8, 4) is 0 Å². The van der Waals surface area contributed by atoms with E-state index < -0.39 is 6.03 Å². The summed E-state index contributed by atoms with van der Waals surface area (Å²) in [6.45, 7) is 7.94. The number of urea groups is 1. The minimum absolute atomic E-state index is 0.154. The van der Waals surface area contributed by atoms with E-state index in [2.05, 4.69) is 27.8 Å². The standard InChI is InChI=1S/C29H33ClN4O2/c1-19-13-15-34(16-14-19)27-12-11-23(32-29(36)33-24-10-9-20(2)26(30)18-24)17-25(27)28(35)31-21(3)22-7-5-4-6-8-22/h4-12,17-19,21H,13-16H2,1-3H3,(H,31,35)(H2,32,33,36). The zero-order valence-electron chi connectivity index (χ0n) is 21.0. The van der Waals surface area contributed by atoms with Crippen molar-refractivity contribution in [2.45, 2.75) is 39.7 Å². The molecule has 0 bridgehead atoms. The van der Waals surface area contributed by atoms with Crippen LogP contribution in [-0.4, -0.2) is 25.0 Å². The quantitative estimate of drug-likeness (QED) is 0.337. The van der Waals surface area contributed by atoms with E-state index >= 15 is 0 Å². The van der Waals surface area contributed by atoms with Crippen molar-refractivity contribution in [3.63, 3.8) is 0 Å². The fraction of sp³-hybridized carbons (Fsp3) is 0.310. The molecule has 0 radical (unpaired) electrons. The summed E-state index contributed by atoms with van der Waals surface area (Å²) in [6.07, 6.45) is 2.17. The van der Waals surface area contributed by atoms with Gasteiger partial charge in [0.1, 0.15) is 0 Å². The first-order valence-corrected chi connectivity index (χ1v) is 12.8. The predicted molar refractivity (Wildman–Crippen MR) is 148 cm³/mol. The van der Waals surface area contributed by atoms with E-state index in [0.717, 1.165) is 42.7 Å². The van der Waals surface area contributed by atoms with Gasteiger partial charge in [-0.25, -0.2) is 4.79 Å². The van der Waals surface area contributed by atoms with Crippen LogP contribution in [0.4, 0.5) is 21.9 Å². The number of piperidine rings is 1. The maximum absolute atomic E-state index is 13.5. The number of benzene rings is 3. The van der Waals surface area contributed by atoms with Gasteiger partial charge in [-0.05, 0) is 74.1 Å². The van der Waals surface area contributed by atoms with Gasteiger partial charge >= 0.3 is 6.03 Å². The molecule has 0 spiro atoms. The van der Waals surface area contributed by atoms with Crippen LogP contribution in [0, 0.1) is 12.8 Å². The van der Waals surface area contributed by atoms with Crippen molar-refractivity contribution in [3.05, 3.63) is 88.4 Å². The van der Waals surface area contributed by atoms with Crippen molar-refractivity contribution >= 4 is 40.6 Å². The van der Waals surface area contributed by atoms with E-state index in [4.69, 9.17) is 11.6 Å². The highest BCUT2D eigenvalue weighted by atomic mass is 35.5. The maximum atomic E-state index is 13.5. The Kier molecular flexibility index (Phi) is 8.16. The first-order chi connectivity index (χ1) is 17.3. The van der Waals surface area contributed by atoms with Crippen LogP contribution in [-0.2, 0) is 0 Å². The van der Waals surface area contributed by atoms with Crippen LogP contribution in [0.1, 0.15) is 54.2 Å². The fourth-order valence-electron chi connectivity index (χ4n) is 4.38. The Morgan fingerprint density at radius 1 is 0.944 bits per heavy atom. The van der Waals surface area contributed by atoms with Gasteiger partial charge in [-0.1, -0.05) is 54.9 Å². The molecule has 3 aromatic carbocycles. The highest BCUT2D eigenvalue weighted by Crippen LogP contribution is 2.29. The second-order valence-electron chi connectivity index (χ2n) is 9.55. The average Bonchev–Trinajstić information content (AvgIpc) is 2.87. The highest BCUT2D eigenvalue weighted by Gasteiger charge is 2.23. The van der Waals surface area contributed by atoms with Gasteiger partial charge in [-0.3, -0.25) is 4.79 Å². The van der Waals surface area contributed by atoms with Crippen LogP contribution < -0.4 is 20.9 Å². The third-order valence-electron chi connectivity index (χ3n) is 6.70. The van der Waals surface area contributed by atoms with Gasteiger partial charge in [-0.2, -0.15) is 0 Å². The monoisotopic (exact) mass is 504 g/mol. The summed E-state index contributed by atoms with van der Waals surface area (Å²) in [6, 6.07) is 20.2. The predicted octanol–water partition coefficient (Wildman–Crippen LogP) is 7.02. The molecule has 0 aromatic heterocycles. The van der Waals surface area contributed by atoms with Crippen molar-refractivity contribution in [2.24, 2.45) is 5.92 Å². The lowest BCUT2D eigenvalue weighted by atomic mass is 9.97. The Morgan fingerprint density at radius 3 is 2.25 bits per heavy atom. The summed E-state index contributed by atoms with van der Waals surface area (Å²) in [5.41, 5.74) is 4.53. The van der Waals surface area contributed by atoms with Gasteiger partial charge in [-0.15, -0.1) is 0 Å². The van der Waals surface area contributed by atoms with Crippen LogP contribution in [0.3, 0.4) is 0 Å². The largest absolute Gasteiger partial charge is 0.371 e. The number of carbonyl (C=O) groups is 2. The summed E-state index contributed by atoms with van der Waals surface area (Å²) in [4.78, 5) is 28.4. The molecule has 36 heavy (non-hydrogen) atoms. The van der Waals surface area contributed by atoms with Crippen LogP contribution in [0.5, 0.6) is 0 Å². The Bertz CT molecular complexity index is 1220. The number of rotatable bonds is 6. The van der Waals surface area contributed by atoms with E-state index in [9.17, 15) is 9.59 Å². The first kappa shape index (κ1) is 25.6. The third kappa shape index (κ3) is 6.38. The molecule has 188 valence electrons. The Labute approximate surface area is 218 Å². The first-order valence-electron chi connectivity index (χ1n) is 12.4. The van der Waals surface area contributed by atoms with Crippen LogP contribution in [0.15, 0.2) is 66.7 Å². The van der Waals surface area contributed by atoms with E-state index in [1.165, 1.54) is 0 Å². The number of aryl methyl sites for hydroxylation is 1. The molecule has 1 unspecified atom stereocenters. The lowest BCUT2D eigenvalue weighted by Gasteiger charge is -2.33. The molecular weight excluding hydrogens is 472 g/mol. The number of hydrogen-bond acceptors (Lipinski definition) is 3. The SMILES string of the molecule is Cc1ccc(NC(=O)Nc2ccc(N3CCC(C)CC3)c(C(=O)NC(C)c3ccccc3)c2)cc1Cl. The van der Waals surface area contributed by atoms with E-state index in [-0.39, 0.29) is 11.9 Å². The van der Waals surface area contributed by atoms with Gasteiger partial charge in [0.25, 0.3) is 5.91 Å². The Hall–Kier alpha value is -3.51. The number of hydrogen-bond donors (Lipinski definition) is 3. The topological polar surface area (TPSA) is 73.5 Å². The molecule has 7 heteroatoms. The van der Waals surface area contributed by atoms with Crippen LogP contribution in [0.25, 0.3) is 0 Å². The van der Waals surface area contributed by atoms with Crippen molar-refractivity contribution in [1.82, 2.24) is 5.32 Å². The minimum Gasteiger partial charge on any atom is -0.371 e. The summed E-state index contributed by atoms with van der Waals surface area (Å²) >= 11 is 6.18. The molecule has 6 nitrogen and oxygen atoms in total. The van der Waals surface area contributed by atoms with Gasteiger partial charge in [0.2, 0.25) is 0 Å². The van der Waals surface area contributed by atoms with Crippen molar-refractivity contribution in [2.75, 3.05) is 28.6 Å². The number of carbonyl (C=O) groups excluding carboxylic acids is 2. The third-order valence-corrected chi connectivity index (χ3v) is 7.11. The minimum atomic E-state index is -0.404. The van der Waals surface area contributed by atoms with Gasteiger partial charge in [0.05, 0.1) is 11.6 Å². The van der Waals surface area contributed by atoms with Crippen LogP contribution in [0.2, 0.25) is 5.02 Å². The molecule has 3 amide bonds. The fourth-order valence-corrected chi connectivity index (χ4v) is 4.56. The molecule has 1 fully saturated rings. The zero-order valence-corrected chi connectivity index (χ0v) is 21.7. The van der Waals surface area contributed by atoms with Gasteiger partial charge in [0, 0.05) is 35.2 Å².